The highest BCUT2D eigenvalue weighted by molar-refractivity contribution is 8.14. The number of rotatable bonds is 5. The van der Waals surface area contributed by atoms with Gasteiger partial charge >= 0.3 is 0 Å². The number of carbonyl (C=O) groups is 2. The summed E-state index contributed by atoms with van der Waals surface area (Å²) in [5.41, 5.74) is 8.40. The first-order valence-electron chi connectivity index (χ1n) is 9.16. The molecular weight excluding hydrogens is 479 g/mol. The van der Waals surface area contributed by atoms with Crippen molar-refractivity contribution in [3.05, 3.63) is 73.9 Å². The van der Waals surface area contributed by atoms with Gasteiger partial charge in [-0.2, -0.15) is 0 Å². The molecule has 0 fully saturated rings. The topological polar surface area (TPSA) is 96.6 Å². The lowest BCUT2D eigenvalue weighted by atomic mass is 9.96. The van der Waals surface area contributed by atoms with Crippen LogP contribution in [0.5, 0.6) is 0 Å². The van der Waals surface area contributed by atoms with E-state index in [1.54, 1.807) is 43.3 Å². The van der Waals surface area contributed by atoms with Crippen LogP contribution in [0.1, 0.15) is 24.1 Å². The lowest BCUT2D eigenvalue weighted by Gasteiger charge is -2.26. The van der Waals surface area contributed by atoms with Gasteiger partial charge in [0.25, 0.3) is 0 Å². The van der Waals surface area contributed by atoms with Crippen molar-refractivity contribution < 1.29 is 9.59 Å². The first kappa shape index (κ1) is 23.5. The second-order valence-corrected chi connectivity index (χ2v) is 8.91. The van der Waals surface area contributed by atoms with Crippen LogP contribution in [0.15, 0.2) is 52.7 Å². The smallest absolute Gasteiger partial charge is 0.248 e. The van der Waals surface area contributed by atoms with Crippen molar-refractivity contribution in [2.75, 3.05) is 11.1 Å². The Hall–Kier alpha value is -2.19. The van der Waals surface area contributed by atoms with Crippen LogP contribution in [0, 0.1) is 6.92 Å². The van der Waals surface area contributed by atoms with Crippen LogP contribution < -0.4 is 16.4 Å². The largest absolute Gasteiger partial charge is 0.366 e. The summed E-state index contributed by atoms with van der Waals surface area (Å²) in [5.74, 6) is -0.750. The maximum Gasteiger partial charge on any atom is 0.248 e. The molecule has 4 N–H and O–H groups in total. The number of benzene rings is 2. The predicted octanol–water partition coefficient (Wildman–Crippen LogP) is 5.09. The standard InChI is InChI=1S/C21H19Cl3N4O2S/c1-10-13(22)6-4-8-15(10)27-16(29)9-31-21-26-11(2)17(20(25)30)19(28-21)12-5-3-7-14(23)18(12)24/h3-8,19H,9H2,1-2H3,(H2,25,30)(H,26,28)(H,27,29)/t19-/m0/s1. The van der Waals surface area contributed by atoms with E-state index >= 15 is 0 Å². The molecule has 2 aromatic rings. The number of thioether (sulfide) groups is 1. The average Bonchev–Trinajstić information content (AvgIpc) is 2.71. The molecule has 0 saturated carbocycles. The number of hydrogen-bond acceptors (Lipinski definition) is 5. The molecule has 0 unspecified atom stereocenters. The van der Waals surface area contributed by atoms with E-state index in [1.807, 2.05) is 6.92 Å². The molecule has 0 radical (unpaired) electrons. The van der Waals surface area contributed by atoms with Gasteiger partial charge in [0.05, 0.1) is 21.4 Å². The summed E-state index contributed by atoms with van der Waals surface area (Å²) in [6, 6.07) is 9.69. The summed E-state index contributed by atoms with van der Waals surface area (Å²) < 4.78 is 0. The van der Waals surface area contributed by atoms with Crippen LogP contribution in [0.25, 0.3) is 0 Å². The minimum atomic E-state index is -0.731. The number of allylic oxidation sites excluding steroid dienone is 1. The van der Waals surface area contributed by atoms with Gasteiger partial charge in [0.15, 0.2) is 5.17 Å². The molecule has 0 saturated heterocycles. The van der Waals surface area contributed by atoms with Crippen LogP contribution in [0.4, 0.5) is 5.69 Å². The van der Waals surface area contributed by atoms with Gasteiger partial charge in [0.2, 0.25) is 11.8 Å². The normalized spacial score (nSPS) is 15.9. The van der Waals surface area contributed by atoms with Gasteiger partial charge < -0.3 is 16.4 Å². The van der Waals surface area contributed by atoms with Crippen LogP contribution in [0.3, 0.4) is 0 Å². The van der Waals surface area contributed by atoms with Crippen molar-refractivity contribution in [1.29, 1.82) is 0 Å². The molecule has 10 heteroatoms. The van der Waals surface area contributed by atoms with Crippen LogP contribution in [0.2, 0.25) is 15.1 Å². The summed E-state index contributed by atoms with van der Waals surface area (Å²) in [5, 5.41) is 7.55. The molecule has 1 heterocycles. The second-order valence-electron chi connectivity index (χ2n) is 6.76. The molecule has 3 rings (SSSR count). The van der Waals surface area contributed by atoms with Gasteiger partial charge in [-0.05, 0) is 37.6 Å². The molecule has 0 bridgehead atoms. The van der Waals surface area contributed by atoms with E-state index in [4.69, 9.17) is 40.5 Å². The maximum atomic E-state index is 12.4. The van der Waals surface area contributed by atoms with E-state index in [0.717, 1.165) is 5.56 Å². The zero-order valence-electron chi connectivity index (χ0n) is 16.6. The number of hydrogen-bond donors (Lipinski definition) is 3. The fourth-order valence-electron chi connectivity index (χ4n) is 3.06. The number of nitrogens with zero attached hydrogens (tertiary/aromatic N) is 1. The van der Waals surface area contributed by atoms with Crippen molar-refractivity contribution in [2.45, 2.75) is 19.9 Å². The van der Waals surface area contributed by atoms with Crippen LogP contribution in [-0.2, 0) is 9.59 Å². The molecule has 0 aliphatic carbocycles. The van der Waals surface area contributed by atoms with Gasteiger partial charge in [-0.1, -0.05) is 64.8 Å². The molecule has 6 nitrogen and oxygen atoms in total. The molecule has 2 aromatic carbocycles. The fourth-order valence-corrected chi connectivity index (χ4v) is 4.39. The van der Waals surface area contributed by atoms with Gasteiger partial charge in [0.1, 0.15) is 6.04 Å². The molecule has 1 aliphatic heterocycles. The van der Waals surface area contributed by atoms with Gasteiger partial charge in [0, 0.05) is 22.0 Å². The Balaban J connectivity index is 1.80. The van der Waals surface area contributed by atoms with Crippen molar-refractivity contribution in [2.24, 2.45) is 10.7 Å². The van der Waals surface area contributed by atoms with E-state index in [0.29, 0.717) is 37.2 Å². The van der Waals surface area contributed by atoms with Gasteiger partial charge in [-0.15, -0.1) is 0 Å². The second kappa shape index (κ2) is 9.96. The number of amides is 2. The van der Waals surface area contributed by atoms with Crippen molar-refractivity contribution in [3.8, 4) is 0 Å². The highest BCUT2D eigenvalue weighted by atomic mass is 35.5. The summed E-state index contributed by atoms with van der Waals surface area (Å²) in [6.45, 7) is 3.55. The lowest BCUT2D eigenvalue weighted by molar-refractivity contribution is -0.115. The molecule has 162 valence electrons. The summed E-state index contributed by atoms with van der Waals surface area (Å²) in [6.07, 6.45) is 0. The zero-order valence-corrected chi connectivity index (χ0v) is 19.7. The van der Waals surface area contributed by atoms with Gasteiger partial charge in [-0.3, -0.25) is 9.59 Å². The Labute approximate surface area is 199 Å². The Bertz CT molecular complexity index is 1120. The average molecular weight is 498 g/mol. The maximum absolute atomic E-state index is 12.4. The van der Waals surface area contributed by atoms with E-state index in [9.17, 15) is 9.59 Å². The van der Waals surface area contributed by atoms with Crippen molar-refractivity contribution in [1.82, 2.24) is 5.32 Å². The van der Waals surface area contributed by atoms with E-state index in [2.05, 4.69) is 15.6 Å². The first-order chi connectivity index (χ1) is 14.7. The number of primary amides is 1. The zero-order chi connectivity index (χ0) is 22.7. The number of halogens is 3. The molecule has 31 heavy (non-hydrogen) atoms. The number of aliphatic imine (C=N–C) groups is 1. The number of anilines is 1. The van der Waals surface area contributed by atoms with E-state index < -0.39 is 11.9 Å². The Kier molecular flexibility index (Phi) is 7.54. The Morgan fingerprint density at radius 2 is 1.81 bits per heavy atom. The molecule has 2 amide bonds. The molecular formula is C21H19Cl3N4O2S. The van der Waals surface area contributed by atoms with Gasteiger partial charge in [-0.25, -0.2) is 4.99 Å². The third-order valence-corrected chi connectivity index (χ3v) is 6.77. The quantitative estimate of drug-likeness (QED) is 0.536. The number of nitrogens with two attached hydrogens (primary N) is 1. The van der Waals surface area contributed by atoms with Crippen molar-refractivity contribution in [3.63, 3.8) is 0 Å². The van der Waals surface area contributed by atoms with E-state index in [-0.39, 0.29) is 17.2 Å². The van der Waals surface area contributed by atoms with Crippen LogP contribution >= 0.6 is 46.6 Å². The molecule has 1 aliphatic rings. The summed E-state index contributed by atoms with van der Waals surface area (Å²) >= 11 is 19.8. The third-order valence-electron chi connectivity index (χ3n) is 4.64. The lowest BCUT2D eigenvalue weighted by Crippen LogP contribution is -2.33. The van der Waals surface area contributed by atoms with Crippen molar-refractivity contribution >= 4 is 69.2 Å². The monoisotopic (exact) mass is 496 g/mol. The molecule has 0 aromatic heterocycles. The first-order valence-corrected chi connectivity index (χ1v) is 11.3. The SMILES string of the molecule is CC1=C(C(N)=O)[C@H](c2cccc(Cl)c2Cl)N=C(SCC(=O)Nc2cccc(Cl)c2C)N1. The number of nitrogens with one attached hydrogen (secondary N) is 2. The number of amidine groups is 1. The van der Waals surface area contributed by atoms with E-state index in [1.165, 1.54) is 11.8 Å². The highest BCUT2D eigenvalue weighted by Crippen LogP contribution is 2.38. The predicted molar refractivity (Wildman–Crippen MR) is 129 cm³/mol. The molecule has 0 spiro atoms. The highest BCUT2D eigenvalue weighted by Gasteiger charge is 2.30. The third kappa shape index (κ3) is 5.36. The molecule has 1 atom stereocenters. The summed E-state index contributed by atoms with van der Waals surface area (Å²) in [7, 11) is 0. The van der Waals surface area contributed by atoms with Crippen LogP contribution in [-0.4, -0.2) is 22.7 Å². The Morgan fingerprint density at radius 1 is 1.13 bits per heavy atom. The Morgan fingerprint density at radius 3 is 2.52 bits per heavy atom. The summed E-state index contributed by atoms with van der Waals surface area (Å²) in [4.78, 5) is 29.1. The minimum absolute atomic E-state index is 0.0902. The number of carbonyl (C=O) groups excluding carboxylic acids is 2. The fraction of sp³-hybridized carbons (Fsp3) is 0.190. The minimum Gasteiger partial charge on any atom is -0.366 e.